The maximum Gasteiger partial charge on any atom is 0.123 e. The predicted octanol–water partition coefficient (Wildman–Crippen LogP) is 5.03. The fourth-order valence-corrected chi connectivity index (χ4v) is 5.32. The molecule has 0 aromatic heterocycles. The highest BCUT2D eigenvalue weighted by molar-refractivity contribution is 6.30. The molecule has 1 aromatic carbocycles. The molecule has 126 valence electrons. The standard InChI is InChI=1S/C20H28ClNO/c1-15(16-4-2-3-5-16)22-11-8-20(9-12-22)10-13-23-19-7-6-17(21)14-18(19)20/h6-7,14-16H,2-5,8-13H2,1H3/t15-/m1/s1. The van der Waals surface area contributed by atoms with Gasteiger partial charge in [-0.05, 0) is 76.2 Å². The van der Waals surface area contributed by atoms with Crippen LogP contribution >= 0.6 is 11.6 Å². The first-order chi connectivity index (χ1) is 11.2. The lowest BCUT2D eigenvalue weighted by Crippen LogP contribution is -2.49. The number of fused-ring (bicyclic) bond motifs is 2. The molecule has 0 radical (unpaired) electrons. The van der Waals surface area contributed by atoms with Crippen LogP contribution in [0.25, 0.3) is 0 Å². The molecule has 3 aliphatic rings. The van der Waals surface area contributed by atoms with E-state index in [1.54, 1.807) is 0 Å². The highest BCUT2D eigenvalue weighted by Gasteiger charge is 2.42. The number of benzene rings is 1. The maximum absolute atomic E-state index is 6.28. The van der Waals surface area contributed by atoms with Crippen LogP contribution in [-0.2, 0) is 5.41 Å². The summed E-state index contributed by atoms with van der Waals surface area (Å²) in [5.74, 6) is 2.00. The second kappa shape index (κ2) is 6.29. The van der Waals surface area contributed by atoms with Gasteiger partial charge >= 0.3 is 0 Å². The van der Waals surface area contributed by atoms with E-state index >= 15 is 0 Å². The molecule has 2 fully saturated rings. The summed E-state index contributed by atoms with van der Waals surface area (Å²) in [5.41, 5.74) is 1.66. The van der Waals surface area contributed by atoms with Gasteiger partial charge in [0, 0.05) is 22.0 Å². The molecule has 2 aliphatic heterocycles. The molecule has 1 saturated heterocycles. The van der Waals surface area contributed by atoms with Crippen molar-refractivity contribution in [1.29, 1.82) is 0 Å². The second-order valence-corrected chi connectivity index (χ2v) is 8.28. The van der Waals surface area contributed by atoms with Crippen LogP contribution in [0, 0.1) is 5.92 Å². The van der Waals surface area contributed by atoms with Crippen molar-refractivity contribution in [2.45, 2.75) is 63.3 Å². The molecular weight excluding hydrogens is 306 g/mol. The van der Waals surface area contributed by atoms with Gasteiger partial charge in [-0.2, -0.15) is 0 Å². The summed E-state index contributed by atoms with van der Waals surface area (Å²) in [6.45, 7) is 5.77. The van der Waals surface area contributed by atoms with Gasteiger partial charge < -0.3 is 9.64 Å². The summed E-state index contributed by atoms with van der Waals surface area (Å²) in [5, 5.41) is 0.843. The third-order valence-corrected chi connectivity index (χ3v) is 7.00. The normalized spacial score (nSPS) is 26.0. The zero-order chi connectivity index (χ0) is 15.9. The van der Waals surface area contributed by atoms with Crippen molar-refractivity contribution >= 4 is 11.6 Å². The zero-order valence-electron chi connectivity index (χ0n) is 14.2. The third kappa shape index (κ3) is 2.89. The zero-order valence-corrected chi connectivity index (χ0v) is 14.9. The number of likely N-dealkylation sites (tertiary alicyclic amines) is 1. The SMILES string of the molecule is C[C@H](C1CCCC1)N1CCC2(CCOc3ccc(Cl)cc32)CC1. The van der Waals surface area contributed by atoms with E-state index in [1.807, 2.05) is 6.07 Å². The Morgan fingerprint density at radius 1 is 1.17 bits per heavy atom. The van der Waals surface area contributed by atoms with Crippen molar-refractivity contribution in [3.63, 3.8) is 0 Å². The van der Waals surface area contributed by atoms with E-state index in [4.69, 9.17) is 16.3 Å². The summed E-state index contributed by atoms with van der Waals surface area (Å²) in [7, 11) is 0. The minimum Gasteiger partial charge on any atom is -0.493 e. The summed E-state index contributed by atoms with van der Waals surface area (Å²) in [4.78, 5) is 2.75. The van der Waals surface area contributed by atoms with E-state index in [1.165, 1.54) is 57.2 Å². The predicted molar refractivity (Wildman–Crippen MR) is 95.5 cm³/mol. The van der Waals surface area contributed by atoms with Crippen molar-refractivity contribution in [1.82, 2.24) is 4.90 Å². The van der Waals surface area contributed by atoms with Crippen molar-refractivity contribution in [3.8, 4) is 5.75 Å². The van der Waals surface area contributed by atoms with Gasteiger partial charge in [-0.1, -0.05) is 24.4 Å². The van der Waals surface area contributed by atoms with Gasteiger partial charge in [0.1, 0.15) is 5.75 Å². The molecule has 1 aromatic rings. The number of hydrogen-bond donors (Lipinski definition) is 0. The van der Waals surface area contributed by atoms with Crippen LogP contribution in [0.1, 0.15) is 57.4 Å². The number of piperidine rings is 1. The molecular formula is C20H28ClNO. The van der Waals surface area contributed by atoms with E-state index in [9.17, 15) is 0 Å². The van der Waals surface area contributed by atoms with Gasteiger partial charge in [0.25, 0.3) is 0 Å². The summed E-state index contributed by atoms with van der Waals surface area (Å²) < 4.78 is 5.89. The number of nitrogens with zero attached hydrogens (tertiary/aromatic N) is 1. The fourth-order valence-electron chi connectivity index (χ4n) is 5.15. The minimum absolute atomic E-state index is 0.296. The molecule has 1 aliphatic carbocycles. The molecule has 23 heavy (non-hydrogen) atoms. The average Bonchev–Trinajstić information content (AvgIpc) is 3.10. The molecule has 1 spiro atoms. The highest BCUT2D eigenvalue weighted by Crippen LogP contribution is 2.47. The Labute approximate surface area is 145 Å². The molecule has 2 heterocycles. The van der Waals surface area contributed by atoms with Crippen LogP contribution in [0.15, 0.2) is 18.2 Å². The molecule has 2 nitrogen and oxygen atoms in total. The van der Waals surface area contributed by atoms with Crippen molar-refractivity contribution < 1.29 is 4.74 Å². The monoisotopic (exact) mass is 333 g/mol. The first-order valence-electron chi connectivity index (χ1n) is 9.35. The summed E-state index contributed by atoms with van der Waals surface area (Å²) in [6.07, 6.45) is 9.41. The Bertz CT molecular complexity index is 559. The number of ether oxygens (including phenoxy) is 1. The van der Waals surface area contributed by atoms with Crippen LogP contribution in [-0.4, -0.2) is 30.6 Å². The molecule has 1 saturated carbocycles. The molecule has 1 atom stereocenters. The maximum atomic E-state index is 6.28. The number of hydrogen-bond acceptors (Lipinski definition) is 2. The Morgan fingerprint density at radius 2 is 1.91 bits per heavy atom. The van der Waals surface area contributed by atoms with Crippen LogP contribution in [0.5, 0.6) is 5.75 Å². The number of halogens is 1. The second-order valence-electron chi connectivity index (χ2n) is 7.84. The third-order valence-electron chi connectivity index (χ3n) is 6.76. The van der Waals surface area contributed by atoms with Crippen molar-refractivity contribution in [2.24, 2.45) is 5.92 Å². The molecule has 4 rings (SSSR count). The van der Waals surface area contributed by atoms with Gasteiger partial charge in [0.2, 0.25) is 0 Å². The molecule has 0 N–H and O–H groups in total. The lowest BCUT2D eigenvalue weighted by atomic mass is 9.69. The topological polar surface area (TPSA) is 12.5 Å². The summed E-state index contributed by atoms with van der Waals surface area (Å²) in [6, 6.07) is 6.93. The molecule has 3 heteroatoms. The van der Waals surface area contributed by atoms with E-state index in [2.05, 4.69) is 24.0 Å². The van der Waals surface area contributed by atoms with E-state index in [-0.39, 0.29) is 0 Å². The first-order valence-corrected chi connectivity index (χ1v) is 9.73. The first kappa shape index (κ1) is 15.8. The Kier molecular flexibility index (Phi) is 4.32. The Hall–Kier alpha value is -0.730. The lowest BCUT2D eigenvalue weighted by molar-refractivity contribution is 0.0721. The van der Waals surface area contributed by atoms with E-state index in [0.29, 0.717) is 5.41 Å². The van der Waals surface area contributed by atoms with Crippen LogP contribution in [0.2, 0.25) is 5.02 Å². The molecule has 0 bridgehead atoms. The fraction of sp³-hybridized carbons (Fsp3) is 0.700. The van der Waals surface area contributed by atoms with Crippen LogP contribution < -0.4 is 4.74 Å². The quantitative estimate of drug-likeness (QED) is 0.752. The summed E-state index contributed by atoms with van der Waals surface area (Å²) >= 11 is 6.28. The molecule has 0 unspecified atom stereocenters. The minimum atomic E-state index is 0.296. The van der Waals surface area contributed by atoms with Crippen LogP contribution in [0.3, 0.4) is 0 Å². The Balaban J connectivity index is 1.50. The van der Waals surface area contributed by atoms with Gasteiger partial charge in [-0.15, -0.1) is 0 Å². The smallest absolute Gasteiger partial charge is 0.123 e. The highest BCUT2D eigenvalue weighted by atomic mass is 35.5. The van der Waals surface area contributed by atoms with Crippen LogP contribution in [0.4, 0.5) is 0 Å². The van der Waals surface area contributed by atoms with Gasteiger partial charge in [0.05, 0.1) is 6.61 Å². The van der Waals surface area contributed by atoms with Crippen molar-refractivity contribution in [2.75, 3.05) is 19.7 Å². The van der Waals surface area contributed by atoms with E-state index < -0.39 is 0 Å². The average molecular weight is 334 g/mol. The van der Waals surface area contributed by atoms with Gasteiger partial charge in [-0.25, -0.2) is 0 Å². The van der Waals surface area contributed by atoms with E-state index in [0.717, 1.165) is 35.8 Å². The number of rotatable bonds is 2. The van der Waals surface area contributed by atoms with Gasteiger partial charge in [0.15, 0.2) is 0 Å². The Morgan fingerprint density at radius 3 is 2.65 bits per heavy atom. The van der Waals surface area contributed by atoms with Crippen molar-refractivity contribution in [3.05, 3.63) is 28.8 Å². The van der Waals surface area contributed by atoms with Gasteiger partial charge in [-0.3, -0.25) is 0 Å². The lowest BCUT2D eigenvalue weighted by Gasteiger charge is -2.47. The molecule has 0 amide bonds. The largest absolute Gasteiger partial charge is 0.493 e.